The molecule has 2 aromatic carbocycles. The monoisotopic (exact) mass is 389 g/mol. The molecule has 0 saturated carbocycles. The van der Waals surface area contributed by atoms with Crippen LogP contribution in [0.25, 0.3) is 5.57 Å². The molecule has 0 fully saturated rings. The molecule has 1 aliphatic heterocycles. The Labute approximate surface area is 169 Å². The third-order valence-electron chi connectivity index (χ3n) is 5.23. The van der Waals surface area contributed by atoms with E-state index in [1.165, 1.54) is 0 Å². The van der Waals surface area contributed by atoms with Crippen LogP contribution in [0.1, 0.15) is 29.2 Å². The van der Waals surface area contributed by atoms with Crippen molar-refractivity contribution in [3.63, 3.8) is 0 Å². The fraction of sp³-hybridized carbons (Fsp3) is 0.217. The minimum Gasteiger partial charge on any atom is -0.508 e. The first-order valence-corrected chi connectivity index (χ1v) is 9.60. The van der Waals surface area contributed by atoms with E-state index in [4.69, 9.17) is 0 Å². The number of hydrogen-bond acceptors (Lipinski definition) is 4. The summed E-state index contributed by atoms with van der Waals surface area (Å²) in [5, 5.41) is 20.7. The van der Waals surface area contributed by atoms with Gasteiger partial charge in [-0.3, -0.25) is 4.79 Å². The lowest BCUT2D eigenvalue weighted by Gasteiger charge is -2.27. The first kappa shape index (κ1) is 18.8. The van der Waals surface area contributed by atoms with Crippen LogP contribution in [0.2, 0.25) is 0 Å². The molecule has 4 rings (SSSR count). The second kappa shape index (κ2) is 7.83. The number of aromatic hydroxyl groups is 1. The van der Waals surface area contributed by atoms with Gasteiger partial charge < -0.3 is 19.7 Å². The molecule has 1 aliphatic rings. The third-order valence-corrected chi connectivity index (χ3v) is 5.23. The first-order valence-electron chi connectivity index (χ1n) is 9.60. The van der Waals surface area contributed by atoms with Crippen molar-refractivity contribution in [2.24, 2.45) is 0 Å². The van der Waals surface area contributed by atoms with Gasteiger partial charge in [-0.05, 0) is 36.6 Å². The second-order valence-electron chi connectivity index (χ2n) is 7.28. The molecule has 2 heterocycles. The molecular formula is C23H23N3O3. The van der Waals surface area contributed by atoms with Crippen LogP contribution in [0.3, 0.4) is 0 Å². The SMILES string of the molecule is Cc1ccc(C2C(c3cccc(O)c3)=C(O)C(=O)N2CCCn2ccnc2)cc1. The van der Waals surface area contributed by atoms with Crippen molar-refractivity contribution in [1.82, 2.24) is 14.5 Å². The fourth-order valence-corrected chi connectivity index (χ4v) is 3.79. The van der Waals surface area contributed by atoms with Crippen molar-refractivity contribution < 1.29 is 15.0 Å². The van der Waals surface area contributed by atoms with Crippen molar-refractivity contribution in [2.45, 2.75) is 25.9 Å². The number of aromatic nitrogens is 2. The Kier molecular flexibility index (Phi) is 5.08. The van der Waals surface area contributed by atoms with Crippen LogP contribution in [0.5, 0.6) is 5.75 Å². The number of phenolic OH excluding ortho intramolecular Hbond substituents is 1. The average Bonchev–Trinajstić information content (AvgIpc) is 3.31. The topological polar surface area (TPSA) is 78.6 Å². The molecule has 1 aromatic heterocycles. The molecule has 6 nitrogen and oxygen atoms in total. The highest BCUT2D eigenvalue weighted by atomic mass is 16.3. The van der Waals surface area contributed by atoms with Crippen LogP contribution < -0.4 is 0 Å². The molecule has 3 aromatic rings. The zero-order valence-electron chi connectivity index (χ0n) is 16.2. The fourth-order valence-electron chi connectivity index (χ4n) is 3.79. The van der Waals surface area contributed by atoms with E-state index >= 15 is 0 Å². The van der Waals surface area contributed by atoms with E-state index in [0.717, 1.165) is 24.1 Å². The highest BCUT2D eigenvalue weighted by Crippen LogP contribution is 2.43. The number of hydrogen-bond donors (Lipinski definition) is 2. The maximum atomic E-state index is 13.0. The van der Waals surface area contributed by atoms with E-state index in [0.29, 0.717) is 17.7 Å². The largest absolute Gasteiger partial charge is 0.508 e. The van der Waals surface area contributed by atoms with Crippen LogP contribution in [0.15, 0.2) is 73.0 Å². The zero-order chi connectivity index (χ0) is 20.4. The van der Waals surface area contributed by atoms with E-state index in [1.54, 1.807) is 41.7 Å². The molecule has 0 saturated heterocycles. The normalized spacial score (nSPS) is 16.7. The number of aryl methyl sites for hydroxylation is 2. The van der Waals surface area contributed by atoms with Gasteiger partial charge in [0.05, 0.1) is 12.4 Å². The van der Waals surface area contributed by atoms with Gasteiger partial charge in [0.15, 0.2) is 5.76 Å². The van der Waals surface area contributed by atoms with Gasteiger partial charge in [-0.25, -0.2) is 4.98 Å². The van der Waals surface area contributed by atoms with E-state index in [9.17, 15) is 15.0 Å². The number of aliphatic hydroxyl groups is 1. The number of phenols is 1. The van der Waals surface area contributed by atoms with Crippen LogP contribution in [-0.2, 0) is 11.3 Å². The van der Waals surface area contributed by atoms with Crippen molar-refractivity contribution in [3.8, 4) is 5.75 Å². The average molecular weight is 389 g/mol. The molecule has 2 N–H and O–H groups in total. The van der Waals surface area contributed by atoms with Crippen molar-refractivity contribution in [3.05, 3.63) is 89.7 Å². The standard InChI is InChI=1S/C23H23N3O3/c1-16-6-8-17(9-7-16)21-20(18-4-2-5-19(27)14-18)22(28)23(29)26(21)12-3-11-25-13-10-24-15-25/h2,4-10,13-15,21,27-28H,3,11-12H2,1H3. The maximum absolute atomic E-state index is 13.0. The molecule has 0 bridgehead atoms. The van der Waals surface area contributed by atoms with Gasteiger partial charge in [0.1, 0.15) is 5.75 Å². The van der Waals surface area contributed by atoms with Gasteiger partial charge in [-0.2, -0.15) is 0 Å². The molecule has 1 atom stereocenters. The van der Waals surface area contributed by atoms with Gasteiger partial charge in [-0.15, -0.1) is 0 Å². The molecule has 1 amide bonds. The number of amides is 1. The molecule has 0 spiro atoms. The molecule has 148 valence electrons. The predicted molar refractivity (Wildman–Crippen MR) is 110 cm³/mol. The van der Waals surface area contributed by atoms with Crippen molar-refractivity contribution in [2.75, 3.05) is 6.54 Å². The molecule has 29 heavy (non-hydrogen) atoms. The smallest absolute Gasteiger partial charge is 0.289 e. The first-order chi connectivity index (χ1) is 14.0. The van der Waals surface area contributed by atoms with E-state index < -0.39 is 6.04 Å². The molecule has 1 unspecified atom stereocenters. The second-order valence-corrected chi connectivity index (χ2v) is 7.28. The summed E-state index contributed by atoms with van der Waals surface area (Å²) in [4.78, 5) is 18.7. The van der Waals surface area contributed by atoms with E-state index in [1.807, 2.05) is 42.0 Å². The van der Waals surface area contributed by atoms with Crippen LogP contribution in [0, 0.1) is 6.92 Å². The van der Waals surface area contributed by atoms with Gasteiger partial charge in [0, 0.05) is 31.1 Å². The Bertz CT molecular complexity index is 1040. The lowest BCUT2D eigenvalue weighted by molar-refractivity contribution is -0.129. The Morgan fingerprint density at radius 2 is 1.86 bits per heavy atom. The van der Waals surface area contributed by atoms with E-state index in [-0.39, 0.29) is 17.4 Å². The lowest BCUT2D eigenvalue weighted by Crippen LogP contribution is -2.31. The summed E-state index contributed by atoms with van der Waals surface area (Å²) >= 11 is 0. The summed E-state index contributed by atoms with van der Waals surface area (Å²) in [5.74, 6) is -0.556. The Hall–Kier alpha value is -3.54. The Morgan fingerprint density at radius 1 is 1.07 bits per heavy atom. The number of rotatable bonds is 6. The number of nitrogens with zero attached hydrogens (tertiary/aromatic N) is 3. The third kappa shape index (κ3) is 3.74. The summed E-state index contributed by atoms with van der Waals surface area (Å²) < 4.78 is 1.96. The van der Waals surface area contributed by atoms with Crippen LogP contribution in [0.4, 0.5) is 0 Å². The Morgan fingerprint density at radius 3 is 2.55 bits per heavy atom. The highest BCUT2D eigenvalue weighted by molar-refractivity contribution is 6.05. The minimum atomic E-state index is -0.410. The quantitative estimate of drug-likeness (QED) is 0.671. The highest BCUT2D eigenvalue weighted by Gasteiger charge is 2.40. The minimum absolute atomic E-state index is 0.0939. The summed E-state index contributed by atoms with van der Waals surface area (Å²) in [5.41, 5.74) is 3.21. The predicted octanol–water partition coefficient (Wildman–Crippen LogP) is 3.84. The number of carbonyl (C=O) groups is 1. The van der Waals surface area contributed by atoms with Gasteiger partial charge in [-0.1, -0.05) is 42.0 Å². The molecule has 0 aliphatic carbocycles. The zero-order valence-corrected chi connectivity index (χ0v) is 16.2. The maximum Gasteiger partial charge on any atom is 0.289 e. The van der Waals surface area contributed by atoms with E-state index in [2.05, 4.69) is 4.98 Å². The van der Waals surface area contributed by atoms with Crippen LogP contribution in [-0.4, -0.2) is 37.1 Å². The van der Waals surface area contributed by atoms with Crippen molar-refractivity contribution >= 4 is 11.5 Å². The van der Waals surface area contributed by atoms with Gasteiger partial charge >= 0.3 is 0 Å². The molecular weight excluding hydrogens is 366 g/mol. The van der Waals surface area contributed by atoms with Crippen molar-refractivity contribution in [1.29, 1.82) is 0 Å². The number of aliphatic hydroxyl groups excluding tert-OH is 1. The number of imidazole rings is 1. The number of carbonyl (C=O) groups excluding carboxylic acids is 1. The summed E-state index contributed by atoms with van der Waals surface area (Å²) in [6, 6.07) is 14.2. The summed E-state index contributed by atoms with van der Waals surface area (Å²) in [6.07, 6.45) is 6.09. The molecule has 0 radical (unpaired) electrons. The van der Waals surface area contributed by atoms with Gasteiger partial charge in [0.25, 0.3) is 5.91 Å². The molecule has 6 heteroatoms. The lowest BCUT2D eigenvalue weighted by atomic mass is 9.93. The van der Waals surface area contributed by atoms with Gasteiger partial charge in [0.2, 0.25) is 0 Å². The summed E-state index contributed by atoms with van der Waals surface area (Å²) in [7, 11) is 0. The van der Waals surface area contributed by atoms with Crippen LogP contribution >= 0.6 is 0 Å². The number of benzene rings is 2. The summed E-state index contributed by atoms with van der Waals surface area (Å²) in [6.45, 7) is 3.23. The Balaban J connectivity index is 1.68.